The van der Waals surface area contributed by atoms with Crippen molar-refractivity contribution in [2.24, 2.45) is 4.99 Å². The maximum absolute atomic E-state index is 5.68. The summed E-state index contributed by atoms with van der Waals surface area (Å²) in [6.45, 7) is 5.40. The van der Waals surface area contributed by atoms with Gasteiger partial charge in [-0.15, -0.1) is 35.3 Å². The van der Waals surface area contributed by atoms with Crippen LogP contribution in [0.2, 0.25) is 0 Å². The van der Waals surface area contributed by atoms with Crippen molar-refractivity contribution in [2.45, 2.75) is 13.1 Å². The van der Waals surface area contributed by atoms with Crippen LogP contribution < -0.4 is 15.4 Å². The highest BCUT2D eigenvalue weighted by Gasteiger charge is 2.06. The number of ether oxygens (including phenoxy) is 1. The summed E-state index contributed by atoms with van der Waals surface area (Å²) in [5.41, 5.74) is 2.04. The van der Waals surface area contributed by atoms with Crippen molar-refractivity contribution in [3.63, 3.8) is 0 Å². The number of hydrogen-bond acceptors (Lipinski definition) is 4. The van der Waals surface area contributed by atoms with E-state index in [1.807, 2.05) is 46.4 Å². The zero-order chi connectivity index (χ0) is 17.5. The van der Waals surface area contributed by atoms with E-state index in [-0.39, 0.29) is 24.0 Å². The van der Waals surface area contributed by atoms with Crippen LogP contribution in [-0.4, -0.2) is 29.0 Å². The van der Waals surface area contributed by atoms with Gasteiger partial charge >= 0.3 is 0 Å². The molecule has 0 spiro atoms. The Kier molecular flexibility index (Phi) is 7.92. The van der Waals surface area contributed by atoms with E-state index in [0.717, 1.165) is 27.9 Å². The molecule has 8 heteroatoms. The minimum atomic E-state index is 0. The van der Waals surface area contributed by atoms with E-state index in [0.29, 0.717) is 19.7 Å². The van der Waals surface area contributed by atoms with Gasteiger partial charge in [0.05, 0.1) is 12.2 Å². The summed E-state index contributed by atoms with van der Waals surface area (Å²) < 4.78 is 7.70. The molecule has 0 saturated carbocycles. The molecule has 0 unspecified atom stereocenters. The van der Waals surface area contributed by atoms with Crippen LogP contribution in [0.1, 0.15) is 11.3 Å². The topological polar surface area (TPSA) is 63.0 Å². The Hall–Kier alpha value is -2.07. The van der Waals surface area contributed by atoms with Crippen LogP contribution in [0.5, 0.6) is 5.75 Å². The molecular weight excluding hydrogens is 461 g/mol. The average molecular weight is 483 g/mol. The van der Waals surface area contributed by atoms with Gasteiger partial charge in [-0.05, 0) is 6.07 Å². The number of halogens is 1. The molecule has 0 aliphatic carbocycles. The molecular formula is C18H22IN5OS. The van der Waals surface area contributed by atoms with Crippen molar-refractivity contribution < 1.29 is 4.74 Å². The smallest absolute Gasteiger partial charge is 0.193 e. The summed E-state index contributed by atoms with van der Waals surface area (Å²) in [5, 5.41) is 8.60. The normalized spacial score (nSPS) is 11.0. The minimum Gasteiger partial charge on any atom is -0.489 e. The number of benzene rings is 1. The first-order valence-electron chi connectivity index (χ1n) is 7.97. The number of fused-ring (bicyclic) bond motifs is 1. The van der Waals surface area contributed by atoms with E-state index in [2.05, 4.69) is 27.2 Å². The van der Waals surface area contributed by atoms with E-state index in [4.69, 9.17) is 4.74 Å². The summed E-state index contributed by atoms with van der Waals surface area (Å²) in [4.78, 5) is 9.80. The molecule has 6 nitrogen and oxygen atoms in total. The summed E-state index contributed by atoms with van der Waals surface area (Å²) >= 11 is 1.62. The van der Waals surface area contributed by atoms with Crippen molar-refractivity contribution in [3.05, 3.63) is 66.0 Å². The molecule has 3 aromatic rings. The molecule has 1 aromatic carbocycles. The first-order valence-corrected chi connectivity index (χ1v) is 8.85. The van der Waals surface area contributed by atoms with Gasteiger partial charge in [-0.2, -0.15) is 0 Å². The number of nitrogens with zero attached hydrogens (tertiary/aromatic N) is 3. The molecule has 2 aromatic heterocycles. The van der Waals surface area contributed by atoms with Gasteiger partial charge in [0.1, 0.15) is 12.4 Å². The second-order valence-corrected chi connectivity index (χ2v) is 6.18. The zero-order valence-corrected chi connectivity index (χ0v) is 17.7. The van der Waals surface area contributed by atoms with Gasteiger partial charge in [0.15, 0.2) is 10.9 Å². The van der Waals surface area contributed by atoms with Crippen LogP contribution >= 0.6 is 35.3 Å². The zero-order valence-electron chi connectivity index (χ0n) is 14.5. The van der Waals surface area contributed by atoms with E-state index < -0.39 is 0 Å². The van der Waals surface area contributed by atoms with Crippen LogP contribution in [0.4, 0.5) is 0 Å². The summed E-state index contributed by atoms with van der Waals surface area (Å²) in [7, 11) is 1.75. The molecule has 0 aliphatic rings. The molecule has 0 radical (unpaired) electrons. The average Bonchev–Trinajstić information content (AvgIpc) is 3.22. The first-order chi connectivity index (χ1) is 12.3. The Labute approximate surface area is 174 Å². The van der Waals surface area contributed by atoms with Crippen molar-refractivity contribution in [1.29, 1.82) is 0 Å². The Morgan fingerprint density at radius 1 is 1.35 bits per heavy atom. The van der Waals surface area contributed by atoms with Gasteiger partial charge in [0, 0.05) is 36.9 Å². The van der Waals surface area contributed by atoms with E-state index >= 15 is 0 Å². The largest absolute Gasteiger partial charge is 0.489 e. The predicted octanol–water partition coefficient (Wildman–Crippen LogP) is 3.44. The Morgan fingerprint density at radius 2 is 2.15 bits per heavy atom. The van der Waals surface area contributed by atoms with Crippen LogP contribution in [0.3, 0.4) is 0 Å². The fourth-order valence-corrected chi connectivity index (χ4v) is 3.09. The second kappa shape index (κ2) is 10.2. The monoisotopic (exact) mass is 483 g/mol. The van der Waals surface area contributed by atoms with Crippen LogP contribution in [0, 0.1) is 0 Å². The summed E-state index contributed by atoms with van der Waals surface area (Å²) in [5.74, 6) is 1.56. The van der Waals surface area contributed by atoms with Crippen LogP contribution in [-0.2, 0) is 13.1 Å². The quantitative estimate of drug-likeness (QED) is 0.234. The van der Waals surface area contributed by atoms with Gasteiger partial charge in [0.2, 0.25) is 0 Å². The SMILES string of the molecule is C=CCOc1ccccc1CNC(=NC)NCc1cn2ccsc2n1.I. The first kappa shape index (κ1) is 20.2. The Balaban J connectivity index is 0.00000243. The highest BCUT2D eigenvalue weighted by molar-refractivity contribution is 14.0. The second-order valence-electron chi connectivity index (χ2n) is 5.31. The minimum absolute atomic E-state index is 0. The highest BCUT2D eigenvalue weighted by atomic mass is 127. The summed E-state index contributed by atoms with van der Waals surface area (Å²) in [6, 6.07) is 7.93. The molecule has 138 valence electrons. The van der Waals surface area contributed by atoms with Gasteiger partial charge in [-0.25, -0.2) is 4.98 Å². The molecule has 0 bridgehead atoms. The van der Waals surface area contributed by atoms with Gasteiger partial charge in [-0.1, -0.05) is 30.9 Å². The lowest BCUT2D eigenvalue weighted by molar-refractivity contribution is 0.358. The number of rotatable bonds is 7. The molecule has 0 fully saturated rings. The van der Waals surface area contributed by atoms with Gasteiger partial charge in [-0.3, -0.25) is 9.39 Å². The number of aromatic nitrogens is 2. The van der Waals surface area contributed by atoms with E-state index in [1.165, 1.54) is 0 Å². The summed E-state index contributed by atoms with van der Waals surface area (Å²) in [6.07, 6.45) is 5.76. The van der Waals surface area contributed by atoms with Crippen molar-refractivity contribution >= 4 is 46.2 Å². The van der Waals surface area contributed by atoms with E-state index in [1.54, 1.807) is 24.5 Å². The number of nitrogens with one attached hydrogen (secondary N) is 2. The van der Waals surface area contributed by atoms with Crippen molar-refractivity contribution in [3.8, 4) is 5.75 Å². The Bertz CT molecular complexity index is 845. The molecule has 0 atom stereocenters. The molecule has 3 rings (SSSR count). The number of imidazole rings is 1. The third kappa shape index (κ3) is 5.21. The number of aliphatic imine (C=N–C) groups is 1. The van der Waals surface area contributed by atoms with Gasteiger partial charge in [0.25, 0.3) is 0 Å². The van der Waals surface area contributed by atoms with Crippen LogP contribution in [0.15, 0.2) is 59.7 Å². The third-order valence-electron chi connectivity index (χ3n) is 3.58. The highest BCUT2D eigenvalue weighted by Crippen LogP contribution is 2.17. The fraction of sp³-hybridized carbons (Fsp3) is 0.222. The Morgan fingerprint density at radius 3 is 2.92 bits per heavy atom. The molecule has 0 amide bonds. The maximum atomic E-state index is 5.68. The number of thiazole rings is 1. The predicted molar refractivity (Wildman–Crippen MR) is 118 cm³/mol. The van der Waals surface area contributed by atoms with Gasteiger partial charge < -0.3 is 15.4 Å². The molecule has 2 N–H and O–H groups in total. The standard InChI is InChI=1S/C18H21N5OS.HI/c1-3-9-24-16-7-5-4-6-14(16)11-20-17(19-2)21-12-15-13-23-8-10-25-18(23)22-15;/h3-8,10,13H,1,9,11-12H2,2H3,(H2,19,20,21);1H. The molecule has 2 heterocycles. The molecule has 26 heavy (non-hydrogen) atoms. The third-order valence-corrected chi connectivity index (χ3v) is 4.35. The molecule has 0 aliphatic heterocycles. The fourth-order valence-electron chi connectivity index (χ4n) is 2.37. The number of para-hydroxylation sites is 1. The maximum Gasteiger partial charge on any atom is 0.193 e. The van der Waals surface area contributed by atoms with Crippen molar-refractivity contribution in [2.75, 3.05) is 13.7 Å². The lowest BCUT2D eigenvalue weighted by Crippen LogP contribution is -2.36. The number of guanidine groups is 1. The van der Waals surface area contributed by atoms with Crippen molar-refractivity contribution in [1.82, 2.24) is 20.0 Å². The lowest BCUT2D eigenvalue weighted by Gasteiger charge is -2.14. The van der Waals surface area contributed by atoms with Crippen LogP contribution in [0.25, 0.3) is 4.96 Å². The lowest BCUT2D eigenvalue weighted by atomic mass is 10.2. The van der Waals surface area contributed by atoms with E-state index in [9.17, 15) is 0 Å². The molecule has 0 saturated heterocycles. The number of hydrogen-bond donors (Lipinski definition) is 2.